The van der Waals surface area contributed by atoms with Crippen LogP contribution in [0.15, 0.2) is 24.3 Å². The lowest BCUT2D eigenvalue weighted by atomic mass is 9.74. The van der Waals surface area contributed by atoms with Crippen LogP contribution in [0.2, 0.25) is 0 Å². The Labute approximate surface area is 209 Å². The SMILES string of the molecule is CC(C)[C@H](O)[C@@H]1C[C@H](N(C(=O)[O-])C(C)(C)C)CC[C@@H]1NC(=O)CNC(=O)c1cccc(C(F)(F)F)c1. The lowest BCUT2D eigenvalue weighted by molar-refractivity contribution is -0.274. The standard InChI is InChI=1S/C25H36F3N3O5/c1-14(2)21(33)18-12-17(31(23(35)36)24(3,4)5)9-10-19(18)30-20(32)13-29-22(34)15-7-6-8-16(11-15)25(26,27)28/h6-8,11,14,17-19,21,33H,9-10,12-13H2,1-5H3,(H,29,34)(H,30,32)(H,35,36)/p-1/t17-,18-,19+,21+/m1/s1. The van der Waals surface area contributed by atoms with Crippen molar-refractivity contribution in [3.63, 3.8) is 0 Å². The molecule has 0 bridgehead atoms. The minimum Gasteiger partial charge on any atom is -0.530 e. The molecule has 1 saturated carbocycles. The van der Waals surface area contributed by atoms with Crippen molar-refractivity contribution < 1.29 is 37.8 Å². The number of nitrogens with zero attached hydrogens (tertiary/aromatic N) is 1. The van der Waals surface area contributed by atoms with Gasteiger partial charge in [-0.1, -0.05) is 19.9 Å². The van der Waals surface area contributed by atoms with Crippen molar-refractivity contribution in [1.29, 1.82) is 0 Å². The molecule has 202 valence electrons. The molecule has 1 fully saturated rings. The third-order valence-corrected chi connectivity index (χ3v) is 6.49. The fourth-order valence-electron chi connectivity index (χ4n) is 4.80. The van der Waals surface area contributed by atoms with E-state index in [0.29, 0.717) is 25.3 Å². The number of halogens is 3. The molecule has 0 radical (unpaired) electrons. The Morgan fingerprint density at radius 3 is 2.33 bits per heavy atom. The molecule has 3 N–H and O–H groups in total. The van der Waals surface area contributed by atoms with Gasteiger partial charge in [0, 0.05) is 29.1 Å². The zero-order valence-electron chi connectivity index (χ0n) is 21.2. The summed E-state index contributed by atoms with van der Waals surface area (Å²) in [5.74, 6) is -1.99. The van der Waals surface area contributed by atoms with Gasteiger partial charge >= 0.3 is 6.18 Å². The second-order valence-electron chi connectivity index (χ2n) is 10.6. The predicted octanol–water partition coefficient (Wildman–Crippen LogP) is 2.55. The van der Waals surface area contributed by atoms with E-state index >= 15 is 0 Å². The Kier molecular flexibility index (Phi) is 9.39. The van der Waals surface area contributed by atoms with E-state index in [-0.39, 0.29) is 11.5 Å². The van der Waals surface area contributed by atoms with E-state index in [4.69, 9.17) is 0 Å². The summed E-state index contributed by atoms with van der Waals surface area (Å²) in [5, 5.41) is 27.8. The second-order valence-corrected chi connectivity index (χ2v) is 10.6. The van der Waals surface area contributed by atoms with Crippen molar-refractivity contribution in [2.75, 3.05) is 6.54 Å². The number of hydrogen-bond acceptors (Lipinski definition) is 5. The highest BCUT2D eigenvalue weighted by molar-refractivity contribution is 5.96. The average molecular weight is 515 g/mol. The topological polar surface area (TPSA) is 122 Å². The molecule has 0 spiro atoms. The molecule has 1 aliphatic carbocycles. The zero-order chi connectivity index (χ0) is 27.4. The van der Waals surface area contributed by atoms with Crippen LogP contribution in [0, 0.1) is 11.8 Å². The van der Waals surface area contributed by atoms with Gasteiger partial charge in [-0.2, -0.15) is 13.2 Å². The number of carbonyl (C=O) groups excluding carboxylic acids is 3. The van der Waals surface area contributed by atoms with Crippen molar-refractivity contribution in [3.8, 4) is 0 Å². The molecule has 1 aromatic rings. The van der Waals surface area contributed by atoms with Crippen LogP contribution in [0.3, 0.4) is 0 Å². The van der Waals surface area contributed by atoms with E-state index in [1.165, 1.54) is 11.0 Å². The summed E-state index contributed by atoms with van der Waals surface area (Å²) in [4.78, 5) is 38.0. The molecule has 0 saturated heterocycles. The van der Waals surface area contributed by atoms with Gasteiger partial charge in [0.05, 0.1) is 18.2 Å². The third kappa shape index (κ3) is 7.59. The molecule has 0 aromatic heterocycles. The first-order valence-corrected chi connectivity index (χ1v) is 12.0. The first kappa shape index (κ1) is 29.4. The van der Waals surface area contributed by atoms with Crippen molar-refractivity contribution >= 4 is 17.9 Å². The zero-order valence-corrected chi connectivity index (χ0v) is 21.2. The number of aliphatic hydroxyl groups is 1. The number of aliphatic hydroxyl groups excluding tert-OH is 1. The lowest BCUT2D eigenvalue weighted by Crippen LogP contribution is -2.60. The van der Waals surface area contributed by atoms with Gasteiger partial charge in [0.2, 0.25) is 5.91 Å². The molecule has 11 heteroatoms. The minimum absolute atomic E-state index is 0.153. The van der Waals surface area contributed by atoms with Crippen LogP contribution in [0.25, 0.3) is 0 Å². The lowest BCUT2D eigenvalue weighted by Gasteiger charge is -2.49. The number of benzene rings is 1. The van der Waals surface area contributed by atoms with E-state index in [1.54, 1.807) is 20.8 Å². The number of hydrogen-bond donors (Lipinski definition) is 3. The first-order valence-electron chi connectivity index (χ1n) is 12.0. The summed E-state index contributed by atoms with van der Waals surface area (Å²) < 4.78 is 38.7. The number of rotatable bonds is 7. The highest BCUT2D eigenvalue weighted by Crippen LogP contribution is 2.35. The third-order valence-electron chi connectivity index (χ3n) is 6.49. The van der Waals surface area contributed by atoms with Crippen LogP contribution in [0.5, 0.6) is 0 Å². The Hall–Kier alpha value is -2.82. The normalized spacial score (nSPS) is 21.6. The average Bonchev–Trinajstić information content (AvgIpc) is 2.76. The van der Waals surface area contributed by atoms with Crippen LogP contribution < -0.4 is 15.7 Å². The highest BCUT2D eigenvalue weighted by atomic mass is 19.4. The summed E-state index contributed by atoms with van der Waals surface area (Å²) in [6.45, 7) is 8.46. The second kappa shape index (κ2) is 11.5. The molecular weight excluding hydrogens is 479 g/mol. The van der Waals surface area contributed by atoms with E-state index in [1.807, 2.05) is 13.8 Å². The fraction of sp³-hybridized carbons (Fsp3) is 0.640. The van der Waals surface area contributed by atoms with Crippen molar-refractivity contribution in [1.82, 2.24) is 15.5 Å². The molecule has 4 atom stereocenters. The number of carbonyl (C=O) groups is 3. The number of carboxylic acid groups (broad SMARTS) is 1. The summed E-state index contributed by atoms with van der Waals surface area (Å²) in [6.07, 6.45) is -5.57. The minimum atomic E-state index is -4.60. The van der Waals surface area contributed by atoms with Gasteiger partial charge in [0.1, 0.15) is 6.09 Å². The largest absolute Gasteiger partial charge is 0.530 e. The number of amides is 3. The molecule has 0 heterocycles. The molecule has 36 heavy (non-hydrogen) atoms. The summed E-state index contributed by atoms with van der Waals surface area (Å²) in [6, 6.07) is 3.02. The Morgan fingerprint density at radius 2 is 1.81 bits per heavy atom. The maximum absolute atomic E-state index is 12.9. The van der Waals surface area contributed by atoms with E-state index < -0.39 is 65.8 Å². The molecule has 2 rings (SSSR count). The highest BCUT2D eigenvalue weighted by Gasteiger charge is 2.41. The Morgan fingerprint density at radius 1 is 1.17 bits per heavy atom. The summed E-state index contributed by atoms with van der Waals surface area (Å²) >= 11 is 0. The molecule has 1 aliphatic rings. The molecule has 0 aliphatic heterocycles. The van der Waals surface area contributed by atoms with Crippen LogP contribution in [-0.2, 0) is 11.0 Å². The van der Waals surface area contributed by atoms with Gasteiger partial charge in [-0.15, -0.1) is 0 Å². The Bertz CT molecular complexity index is 946. The summed E-state index contributed by atoms with van der Waals surface area (Å²) in [5.41, 5.74) is -1.90. The number of nitrogens with one attached hydrogen (secondary N) is 2. The van der Waals surface area contributed by atoms with Crippen LogP contribution in [0.4, 0.5) is 18.0 Å². The van der Waals surface area contributed by atoms with Gasteiger partial charge in [0.25, 0.3) is 5.91 Å². The fourth-order valence-corrected chi connectivity index (χ4v) is 4.80. The quantitative estimate of drug-likeness (QED) is 0.516. The maximum Gasteiger partial charge on any atom is 0.416 e. The predicted molar refractivity (Wildman–Crippen MR) is 125 cm³/mol. The Balaban J connectivity index is 2.07. The monoisotopic (exact) mass is 514 g/mol. The smallest absolute Gasteiger partial charge is 0.416 e. The van der Waals surface area contributed by atoms with Gasteiger partial charge in [0.15, 0.2) is 0 Å². The van der Waals surface area contributed by atoms with Crippen molar-refractivity contribution in [2.24, 2.45) is 11.8 Å². The molecule has 8 nitrogen and oxygen atoms in total. The van der Waals surface area contributed by atoms with Gasteiger partial charge < -0.3 is 30.5 Å². The van der Waals surface area contributed by atoms with Gasteiger partial charge in [-0.25, -0.2) is 0 Å². The maximum atomic E-state index is 12.9. The molecular formula is C25H35F3N3O5-. The van der Waals surface area contributed by atoms with E-state index in [2.05, 4.69) is 10.6 Å². The molecule has 0 unspecified atom stereocenters. The van der Waals surface area contributed by atoms with Gasteiger partial charge in [-0.05, 0) is 64.2 Å². The summed E-state index contributed by atoms with van der Waals surface area (Å²) in [7, 11) is 0. The van der Waals surface area contributed by atoms with Crippen LogP contribution >= 0.6 is 0 Å². The van der Waals surface area contributed by atoms with Crippen LogP contribution in [0.1, 0.15) is 69.8 Å². The molecule has 3 amide bonds. The van der Waals surface area contributed by atoms with Gasteiger partial charge in [-0.3, -0.25) is 9.59 Å². The first-order chi connectivity index (χ1) is 16.5. The van der Waals surface area contributed by atoms with Crippen molar-refractivity contribution in [3.05, 3.63) is 35.4 Å². The van der Waals surface area contributed by atoms with E-state index in [0.717, 1.165) is 12.1 Å². The van der Waals surface area contributed by atoms with E-state index in [9.17, 15) is 37.8 Å². The molecule has 1 aromatic carbocycles. The van der Waals surface area contributed by atoms with Crippen LogP contribution in [-0.4, -0.2) is 58.2 Å². The van der Waals surface area contributed by atoms with Crippen molar-refractivity contribution in [2.45, 2.75) is 83.8 Å². The number of alkyl halides is 3.